The minimum Gasteiger partial charge on any atom is -0.381 e. The zero-order chi connectivity index (χ0) is 18.3. The fraction of sp³-hybridized carbons (Fsp3) is 0.105. The van der Waals surface area contributed by atoms with Crippen LogP contribution >= 0.6 is 0 Å². The molecule has 0 unspecified atom stereocenters. The number of fused-ring (bicyclic) bond motifs is 1. The zero-order valence-corrected chi connectivity index (χ0v) is 14.4. The number of para-hydroxylation sites is 2. The van der Waals surface area contributed by atoms with E-state index in [-0.39, 0.29) is 17.6 Å². The van der Waals surface area contributed by atoms with Crippen molar-refractivity contribution in [2.75, 3.05) is 11.1 Å². The molecule has 0 aliphatic heterocycles. The standard InChI is InChI=1S/C19H17FN6/c1-11-7-9-13(10-8-11)23-19-24-17(21)16(20)18(25-19)26-12(2)22-14-5-3-4-6-15(14)26/h3-10H,1-2H3,(H3,21,23,24,25). The molecule has 6 nitrogen and oxygen atoms in total. The Labute approximate surface area is 149 Å². The number of imidazole rings is 1. The van der Waals surface area contributed by atoms with Crippen LogP contribution in [0.2, 0.25) is 0 Å². The van der Waals surface area contributed by atoms with E-state index < -0.39 is 5.82 Å². The molecule has 26 heavy (non-hydrogen) atoms. The molecule has 0 bridgehead atoms. The van der Waals surface area contributed by atoms with Crippen LogP contribution in [0.1, 0.15) is 11.4 Å². The highest BCUT2D eigenvalue weighted by atomic mass is 19.1. The van der Waals surface area contributed by atoms with Gasteiger partial charge in [-0.2, -0.15) is 14.4 Å². The second-order valence-corrected chi connectivity index (χ2v) is 6.04. The monoisotopic (exact) mass is 348 g/mol. The first-order valence-corrected chi connectivity index (χ1v) is 8.14. The minimum atomic E-state index is -0.675. The summed E-state index contributed by atoms with van der Waals surface area (Å²) in [5.74, 6) is 0.00948. The molecule has 2 aromatic carbocycles. The number of hydrogen-bond acceptors (Lipinski definition) is 5. The third-order valence-electron chi connectivity index (χ3n) is 4.11. The van der Waals surface area contributed by atoms with E-state index >= 15 is 0 Å². The topological polar surface area (TPSA) is 81.6 Å². The Bertz CT molecular complexity index is 1100. The number of benzene rings is 2. The number of hydrogen-bond donors (Lipinski definition) is 2. The van der Waals surface area contributed by atoms with Gasteiger partial charge in [0.2, 0.25) is 11.8 Å². The summed E-state index contributed by atoms with van der Waals surface area (Å²) in [7, 11) is 0. The second kappa shape index (κ2) is 6.11. The molecule has 3 N–H and O–H groups in total. The van der Waals surface area contributed by atoms with Crippen LogP contribution in [0.3, 0.4) is 0 Å². The Balaban J connectivity index is 1.84. The molecule has 0 saturated carbocycles. The van der Waals surface area contributed by atoms with E-state index in [4.69, 9.17) is 5.73 Å². The van der Waals surface area contributed by atoms with Crippen molar-refractivity contribution in [1.82, 2.24) is 19.5 Å². The molecule has 4 aromatic rings. The van der Waals surface area contributed by atoms with Crippen molar-refractivity contribution in [3.63, 3.8) is 0 Å². The molecule has 0 atom stereocenters. The molecule has 0 aliphatic rings. The highest BCUT2D eigenvalue weighted by molar-refractivity contribution is 5.78. The van der Waals surface area contributed by atoms with Gasteiger partial charge >= 0.3 is 0 Å². The molecule has 2 aromatic heterocycles. The molecule has 0 amide bonds. The highest BCUT2D eigenvalue weighted by Crippen LogP contribution is 2.25. The molecule has 0 spiro atoms. The van der Waals surface area contributed by atoms with E-state index in [1.807, 2.05) is 55.5 Å². The summed E-state index contributed by atoms with van der Waals surface area (Å²) < 4.78 is 16.4. The number of aromatic nitrogens is 4. The Hall–Kier alpha value is -3.48. The van der Waals surface area contributed by atoms with E-state index in [0.717, 1.165) is 22.3 Å². The lowest BCUT2D eigenvalue weighted by molar-refractivity contribution is 0.608. The maximum Gasteiger partial charge on any atom is 0.231 e. The number of halogens is 1. The van der Waals surface area contributed by atoms with Crippen molar-refractivity contribution in [1.29, 1.82) is 0 Å². The van der Waals surface area contributed by atoms with Crippen LogP contribution in [0, 0.1) is 19.7 Å². The molecule has 2 heterocycles. The van der Waals surface area contributed by atoms with Crippen molar-refractivity contribution >= 4 is 28.5 Å². The van der Waals surface area contributed by atoms with Crippen LogP contribution < -0.4 is 11.1 Å². The number of rotatable bonds is 3. The smallest absolute Gasteiger partial charge is 0.231 e. The fourth-order valence-corrected chi connectivity index (χ4v) is 2.84. The van der Waals surface area contributed by atoms with Crippen LogP contribution in [-0.2, 0) is 0 Å². The van der Waals surface area contributed by atoms with Gasteiger partial charge in [0.1, 0.15) is 5.82 Å². The number of nitrogens with two attached hydrogens (primary N) is 1. The van der Waals surface area contributed by atoms with Crippen molar-refractivity contribution in [2.45, 2.75) is 13.8 Å². The molecular formula is C19H17FN6. The first kappa shape index (κ1) is 16.0. The summed E-state index contributed by atoms with van der Waals surface area (Å²) in [6.07, 6.45) is 0. The number of anilines is 3. The number of nitrogen functional groups attached to an aromatic ring is 1. The summed E-state index contributed by atoms with van der Waals surface area (Å²) in [5, 5.41) is 3.07. The van der Waals surface area contributed by atoms with Crippen LogP contribution in [0.4, 0.5) is 21.8 Å². The quantitative estimate of drug-likeness (QED) is 0.587. The lowest BCUT2D eigenvalue weighted by Gasteiger charge is -2.12. The van der Waals surface area contributed by atoms with Crippen molar-refractivity contribution in [3.05, 3.63) is 65.7 Å². The van der Waals surface area contributed by atoms with Gasteiger partial charge in [-0.15, -0.1) is 0 Å². The minimum absolute atomic E-state index is 0.0679. The van der Waals surface area contributed by atoms with Crippen molar-refractivity contribution < 1.29 is 4.39 Å². The van der Waals surface area contributed by atoms with Gasteiger partial charge in [0.05, 0.1) is 11.0 Å². The lowest BCUT2D eigenvalue weighted by atomic mass is 10.2. The highest BCUT2D eigenvalue weighted by Gasteiger charge is 2.18. The van der Waals surface area contributed by atoms with E-state index in [0.29, 0.717) is 5.82 Å². The predicted molar refractivity (Wildman–Crippen MR) is 100 cm³/mol. The summed E-state index contributed by atoms with van der Waals surface area (Å²) in [6.45, 7) is 3.80. The maximum atomic E-state index is 14.7. The van der Waals surface area contributed by atoms with Crippen molar-refractivity contribution in [3.8, 4) is 5.82 Å². The maximum absolute atomic E-state index is 14.7. The third-order valence-corrected chi connectivity index (χ3v) is 4.11. The van der Waals surface area contributed by atoms with Gasteiger partial charge in [-0.25, -0.2) is 4.98 Å². The number of nitrogens with zero attached hydrogens (tertiary/aromatic N) is 4. The normalized spacial score (nSPS) is 11.0. The average Bonchev–Trinajstić information content (AvgIpc) is 2.96. The second-order valence-electron chi connectivity index (χ2n) is 6.04. The van der Waals surface area contributed by atoms with Gasteiger partial charge in [0, 0.05) is 5.69 Å². The molecule has 0 radical (unpaired) electrons. The van der Waals surface area contributed by atoms with Crippen molar-refractivity contribution in [2.24, 2.45) is 0 Å². The van der Waals surface area contributed by atoms with Gasteiger partial charge in [-0.3, -0.25) is 4.57 Å². The van der Waals surface area contributed by atoms with E-state index in [1.54, 1.807) is 11.5 Å². The number of aryl methyl sites for hydroxylation is 2. The van der Waals surface area contributed by atoms with E-state index in [2.05, 4.69) is 20.3 Å². The van der Waals surface area contributed by atoms with E-state index in [1.165, 1.54) is 0 Å². The van der Waals surface area contributed by atoms with Gasteiger partial charge in [0.15, 0.2) is 11.6 Å². The van der Waals surface area contributed by atoms with Crippen LogP contribution in [0.5, 0.6) is 0 Å². The molecule has 0 saturated heterocycles. The van der Waals surface area contributed by atoms with Gasteiger partial charge in [-0.05, 0) is 38.1 Å². The molecule has 0 aliphatic carbocycles. The van der Waals surface area contributed by atoms with Crippen LogP contribution in [0.25, 0.3) is 16.9 Å². The summed E-state index contributed by atoms with van der Waals surface area (Å²) in [4.78, 5) is 12.8. The SMILES string of the molecule is Cc1ccc(Nc2nc(N)c(F)c(-n3c(C)nc4ccccc43)n2)cc1. The van der Waals surface area contributed by atoms with Crippen LogP contribution in [-0.4, -0.2) is 19.5 Å². The summed E-state index contributed by atoms with van der Waals surface area (Å²) in [6, 6.07) is 15.2. The lowest BCUT2D eigenvalue weighted by Crippen LogP contribution is -2.10. The summed E-state index contributed by atoms with van der Waals surface area (Å²) in [5.41, 5.74) is 9.24. The average molecular weight is 348 g/mol. The predicted octanol–water partition coefficient (Wildman–Crippen LogP) is 3.90. The molecular weight excluding hydrogens is 331 g/mol. The third kappa shape index (κ3) is 2.73. The Morgan fingerprint density at radius 1 is 0.962 bits per heavy atom. The largest absolute Gasteiger partial charge is 0.381 e. The molecule has 4 rings (SSSR count). The fourth-order valence-electron chi connectivity index (χ4n) is 2.84. The Morgan fingerprint density at radius 2 is 1.69 bits per heavy atom. The first-order valence-electron chi connectivity index (χ1n) is 8.14. The molecule has 130 valence electrons. The molecule has 7 heteroatoms. The van der Waals surface area contributed by atoms with Crippen LogP contribution in [0.15, 0.2) is 48.5 Å². The number of nitrogens with one attached hydrogen (secondary N) is 1. The first-order chi connectivity index (χ1) is 12.5. The van der Waals surface area contributed by atoms with Gasteiger partial charge in [-0.1, -0.05) is 29.8 Å². The van der Waals surface area contributed by atoms with E-state index in [9.17, 15) is 4.39 Å². The summed E-state index contributed by atoms with van der Waals surface area (Å²) >= 11 is 0. The van der Waals surface area contributed by atoms with Gasteiger partial charge in [0.25, 0.3) is 0 Å². The van der Waals surface area contributed by atoms with Gasteiger partial charge < -0.3 is 11.1 Å². The molecule has 0 fully saturated rings. The zero-order valence-electron chi connectivity index (χ0n) is 14.4. The Kier molecular flexibility index (Phi) is 3.76. The Morgan fingerprint density at radius 3 is 2.46 bits per heavy atom.